The quantitative estimate of drug-likeness (QED) is 0.733. The van der Waals surface area contributed by atoms with E-state index in [-0.39, 0.29) is 0 Å². The number of allylic oxidation sites excluding steroid dienone is 1. The van der Waals surface area contributed by atoms with Crippen LogP contribution in [0.2, 0.25) is 0 Å². The van der Waals surface area contributed by atoms with Crippen LogP contribution in [0.1, 0.15) is 25.0 Å². The molecule has 0 saturated heterocycles. The maximum atomic E-state index is 5.13. The van der Waals surface area contributed by atoms with Crippen molar-refractivity contribution in [3.05, 3.63) is 41.0 Å². The van der Waals surface area contributed by atoms with Gasteiger partial charge < -0.3 is 4.74 Å². The summed E-state index contributed by atoms with van der Waals surface area (Å²) in [6, 6.07) is 8.47. The predicted molar refractivity (Wildman–Crippen MR) is 73.8 cm³/mol. The first-order chi connectivity index (χ1) is 7.67. The molecule has 0 spiro atoms. The van der Waals surface area contributed by atoms with Gasteiger partial charge in [0.05, 0.1) is 6.61 Å². The van der Waals surface area contributed by atoms with Crippen molar-refractivity contribution in [1.82, 2.24) is 0 Å². The first kappa shape index (κ1) is 13.5. The number of ether oxygens (including phenoxy) is 1. The van der Waals surface area contributed by atoms with Crippen LogP contribution in [-0.2, 0) is 11.3 Å². The fraction of sp³-hybridized carbons (Fsp3) is 0.429. The van der Waals surface area contributed by atoms with Crippen LogP contribution < -0.4 is 0 Å². The lowest BCUT2D eigenvalue weighted by Crippen LogP contribution is -1.95. The number of hydrogen-bond donors (Lipinski definition) is 0. The Bertz CT molecular complexity index is 356. The summed E-state index contributed by atoms with van der Waals surface area (Å²) < 4.78 is 5.13. The average Bonchev–Trinajstić information content (AvgIpc) is 2.26. The fourth-order valence-corrected chi connectivity index (χ4v) is 2.32. The summed E-state index contributed by atoms with van der Waals surface area (Å²) in [5.41, 5.74) is 3.88. The number of benzene rings is 1. The van der Waals surface area contributed by atoms with E-state index in [0.29, 0.717) is 12.5 Å². The van der Waals surface area contributed by atoms with Gasteiger partial charge in [-0.15, -0.1) is 0 Å². The average molecular weight is 283 g/mol. The summed E-state index contributed by atoms with van der Waals surface area (Å²) in [6.45, 7) is 5.10. The Labute approximate surface area is 107 Å². The minimum atomic E-state index is 0.574. The normalized spacial score (nSPS) is 12.2. The van der Waals surface area contributed by atoms with Crippen molar-refractivity contribution in [2.45, 2.75) is 20.5 Å². The van der Waals surface area contributed by atoms with Crippen LogP contribution in [0.4, 0.5) is 0 Å². The van der Waals surface area contributed by atoms with Crippen LogP contribution in [0, 0.1) is 5.92 Å². The third kappa shape index (κ3) is 4.11. The molecule has 0 saturated carbocycles. The summed E-state index contributed by atoms with van der Waals surface area (Å²) in [4.78, 5) is 0. The highest BCUT2D eigenvalue weighted by Crippen LogP contribution is 2.17. The van der Waals surface area contributed by atoms with Crippen LogP contribution in [0.3, 0.4) is 0 Å². The first-order valence-electron chi connectivity index (χ1n) is 5.51. The molecule has 16 heavy (non-hydrogen) atoms. The second-order valence-corrected chi connectivity index (χ2v) is 4.75. The van der Waals surface area contributed by atoms with E-state index >= 15 is 0 Å². The van der Waals surface area contributed by atoms with Gasteiger partial charge in [-0.3, -0.25) is 0 Å². The highest BCUT2D eigenvalue weighted by atomic mass is 79.9. The Kier molecular flexibility index (Phi) is 5.78. The zero-order valence-corrected chi connectivity index (χ0v) is 11.8. The summed E-state index contributed by atoms with van der Waals surface area (Å²) in [7, 11) is 1.72. The molecule has 2 heteroatoms. The van der Waals surface area contributed by atoms with E-state index in [2.05, 4.69) is 60.1 Å². The summed E-state index contributed by atoms with van der Waals surface area (Å²) in [6.07, 6.45) is 2.25. The predicted octanol–water partition coefficient (Wildman–Crippen LogP) is 4.27. The molecule has 0 bridgehead atoms. The van der Waals surface area contributed by atoms with Crippen molar-refractivity contribution in [2.24, 2.45) is 5.92 Å². The highest BCUT2D eigenvalue weighted by Gasteiger charge is 2.01. The topological polar surface area (TPSA) is 9.23 Å². The van der Waals surface area contributed by atoms with E-state index in [4.69, 9.17) is 4.74 Å². The lowest BCUT2D eigenvalue weighted by molar-refractivity contribution is 0.185. The van der Waals surface area contributed by atoms with Gasteiger partial charge in [-0.2, -0.15) is 0 Å². The van der Waals surface area contributed by atoms with Gasteiger partial charge in [-0.1, -0.05) is 59.6 Å². The van der Waals surface area contributed by atoms with Crippen molar-refractivity contribution in [3.8, 4) is 0 Å². The summed E-state index contributed by atoms with van der Waals surface area (Å²) in [5, 5.41) is 0.930. The van der Waals surface area contributed by atoms with Gasteiger partial charge in [0.15, 0.2) is 0 Å². The molecule has 1 rings (SSSR count). The molecule has 0 atom stereocenters. The highest BCUT2D eigenvalue weighted by molar-refractivity contribution is 9.09. The minimum Gasteiger partial charge on any atom is -0.380 e. The van der Waals surface area contributed by atoms with Gasteiger partial charge in [0.1, 0.15) is 0 Å². The molecule has 0 unspecified atom stereocenters. The molecule has 0 aromatic heterocycles. The van der Waals surface area contributed by atoms with Crippen molar-refractivity contribution < 1.29 is 4.74 Å². The second-order valence-electron chi connectivity index (χ2n) is 4.19. The molecule has 88 valence electrons. The molecule has 1 aromatic carbocycles. The molecule has 0 N–H and O–H groups in total. The molecule has 0 radical (unpaired) electrons. The SMILES string of the molecule is COCc1cccc(C=C(CBr)C(C)C)c1. The molecule has 0 aliphatic heterocycles. The lowest BCUT2D eigenvalue weighted by Gasteiger charge is -2.08. The molecule has 1 nitrogen and oxygen atoms in total. The maximum Gasteiger partial charge on any atom is 0.0713 e. The Morgan fingerprint density at radius 1 is 1.44 bits per heavy atom. The van der Waals surface area contributed by atoms with Gasteiger partial charge in [-0.05, 0) is 23.1 Å². The zero-order valence-electron chi connectivity index (χ0n) is 10.2. The largest absolute Gasteiger partial charge is 0.380 e. The van der Waals surface area contributed by atoms with Crippen molar-refractivity contribution in [1.29, 1.82) is 0 Å². The van der Waals surface area contributed by atoms with Gasteiger partial charge in [-0.25, -0.2) is 0 Å². The van der Waals surface area contributed by atoms with E-state index in [1.165, 1.54) is 16.7 Å². The van der Waals surface area contributed by atoms with Gasteiger partial charge >= 0.3 is 0 Å². The molecule has 0 fully saturated rings. The first-order valence-corrected chi connectivity index (χ1v) is 6.63. The van der Waals surface area contributed by atoms with Crippen molar-refractivity contribution in [3.63, 3.8) is 0 Å². The molecule has 0 heterocycles. The van der Waals surface area contributed by atoms with Gasteiger partial charge in [0.2, 0.25) is 0 Å². The maximum absolute atomic E-state index is 5.13. The smallest absolute Gasteiger partial charge is 0.0713 e. The number of methoxy groups -OCH3 is 1. The molecule has 1 aromatic rings. The molecular formula is C14H19BrO. The van der Waals surface area contributed by atoms with Crippen LogP contribution in [0.5, 0.6) is 0 Å². The van der Waals surface area contributed by atoms with Crippen LogP contribution in [-0.4, -0.2) is 12.4 Å². The Morgan fingerprint density at radius 3 is 2.75 bits per heavy atom. The number of halogens is 1. The zero-order chi connectivity index (χ0) is 12.0. The Hall–Kier alpha value is -0.600. The van der Waals surface area contributed by atoms with Crippen molar-refractivity contribution >= 4 is 22.0 Å². The molecular weight excluding hydrogens is 264 g/mol. The van der Waals surface area contributed by atoms with E-state index in [0.717, 1.165) is 5.33 Å². The monoisotopic (exact) mass is 282 g/mol. The minimum absolute atomic E-state index is 0.574. The summed E-state index contributed by atoms with van der Waals surface area (Å²) >= 11 is 3.53. The summed E-state index contributed by atoms with van der Waals surface area (Å²) in [5.74, 6) is 0.574. The number of hydrogen-bond acceptors (Lipinski definition) is 1. The fourth-order valence-electron chi connectivity index (χ4n) is 1.51. The molecule has 0 amide bonds. The van der Waals surface area contributed by atoms with Crippen molar-refractivity contribution in [2.75, 3.05) is 12.4 Å². The van der Waals surface area contributed by atoms with E-state index in [1.807, 2.05) is 0 Å². The standard InChI is InChI=1S/C14H19BrO/c1-11(2)14(9-15)8-12-5-4-6-13(7-12)10-16-3/h4-8,11H,9-10H2,1-3H3. The van der Waals surface area contributed by atoms with Gasteiger partial charge in [0, 0.05) is 12.4 Å². The van der Waals surface area contributed by atoms with E-state index < -0.39 is 0 Å². The third-order valence-electron chi connectivity index (χ3n) is 2.51. The van der Waals surface area contributed by atoms with Crippen LogP contribution in [0.25, 0.3) is 6.08 Å². The van der Waals surface area contributed by atoms with E-state index in [9.17, 15) is 0 Å². The molecule has 0 aliphatic carbocycles. The van der Waals surface area contributed by atoms with E-state index in [1.54, 1.807) is 7.11 Å². The molecule has 0 aliphatic rings. The number of alkyl halides is 1. The number of rotatable bonds is 5. The second kappa shape index (κ2) is 6.87. The van der Waals surface area contributed by atoms with Gasteiger partial charge in [0.25, 0.3) is 0 Å². The lowest BCUT2D eigenvalue weighted by atomic mass is 10.0. The van der Waals surface area contributed by atoms with Crippen LogP contribution >= 0.6 is 15.9 Å². The van der Waals surface area contributed by atoms with Crippen LogP contribution in [0.15, 0.2) is 29.8 Å². The Balaban J connectivity index is 2.91. The third-order valence-corrected chi connectivity index (χ3v) is 3.16. The Morgan fingerprint density at radius 2 is 2.19 bits per heavy atom.